The van der Waals surface area contributed by atoms with Gasteiger partial charge in [0.15, 0.2) is 5.16 Å². The van der Waals surface area contributed by atoms with Gasteiger partial charge in [0.05, 0.1) is 11.9 Å². The van der Waals surface area contributed by atoms with Gasteiger partial charge in [-0.05, 0) is 36.8 Å². The maximum absolute atomic E-state index is 12.5. The number of alkyl halides is 2. The molecule has 0 aliphatic heterocycles. The Morgan fingerprint density at radius 3 is 2.30 bits per heavy atom. The molecule has 0 atom stereocenters. The van der Waals surface area contributed by atoms with Crippen LogP contribution < -0.4 is 4.74 Å². The van der Waals surface area contributed by atoms with E-state index in [0.717, 1.165) is 27.9 Å². The Kier molecular flexibility index (Phi) is 6.14. The van der Waals surface area contributed by atoms with Crippen molar-refractivity contribution in [3.63, 3.8) is 0 Å². The fraction of sp³-hybridized carbons (Fsp3) is 0.125. The summed E-state index contributed by atoms with van der Waals surface area (Å²) in [4.78, 5) is 4.65. The molecule has 4 aromatic rings. The first-order valence-corrected chi connectivity index (χ1v) is 10.5. The first-order chi connectivity index (χ1) is 14.6. The second kappa shape index (κ2) is 9.13. The zero-order valence-corrected chi connectivity index (χ0v) is 17.2. The number of imidazole rings is 1. The molecule has 1 aromatic heterocycles. The molecule has 152 valence electrons. The Morgan fingerprint density at radius 1 is 0.933 bits per heavy atom. The molecule has 0 saturated heterocycles. The van der Waals surface area contributed by atoms with Crippen molar-refractivity contribution in [2.75, 3.05) is 0 Å². The van der Waals surface area contributed by atoms with Crippen molar-refractivity contribution in [1.29, 1.82) is 0 Å². The second-order valence-electron chi connectivity index (χ2n) is 6.77. The quantitative estimate of drug-likeness (QED) is 0.309. The molecular weight excluding hydrogens is 402 g/mol. The SMILES string of the molecule is Cc1ccc(-c2cnc(SCc3ccccc3)n2-c2ccc(OC(F)F)cc2)cc1. The number of rotatable bonds is 7. The van der Waals surface area contributed by atoms with Gasteiger partial charge in [0.1, 0.15) is 5.75 Å². The van der Waals surface area contributed by atoms with Crippen LogP contribution in [0.5, 0.6) is 5.75 Å². The van der Waals surface area contributed by atoms with Gasteiger partial charge in [-0.15, -0.1) is 0 Å². The van der Waals surface area contributed by atoms with Gasteiger partial charge >= 0.3 is 6.61 Å². The predicted octanol–water partition coefficient (Wildman–Crippen LogP) is 6.74. The highest BCUT2D eigenvalue weighted by molar-refractivity contribution is 7.98. The van der Waals surface area contributed by atoms with E-state index in [4.69, 9.17) is 0 Å². The first-order valence-electron chi connectivity index (χ1n) is 9.47. The Hall–Kier alpha value is -3.12. The van der Waals surface area contributed by atoms with Crippen LogP contribution in [-0.2, 0) is 5.75 Å². The smallest absolute Gasteiger partial charge is 0.387 e. The van der Waals surface area contributed by atoms with Crippen molar-refractivity contribution in [3.05, 3.63) is 96.2 Å². The summed E-state index contributed by atoms with van der Waals surface area (Å²) in [6.07, 6.45) is 1.85. The number of benzene rings is 3. The normalized spacial score (nSPS) is 11.1. The summed E-state index contributed by atoms with van der Waals surface area (Å²) >= 11 is 1.63. The van der Waals surface area contributed by atoms with Crippen molar-refractivity contribution < 1.29 is 13.5 Å². The fourth-order valence-electron chi connectivity index (χ4n) is 3.11. The van der Waals surface area contributed by atoms with Crippen molar-refractivity contribution in [1.82, 2.24) is 9.55 Å². The van der Waals surface area contributed by atoms with E-state index in [1.165, 1.54) is 11.1 Å². The molecule has 0 bridgehead atoms. The molecule has 30 heavy (non-hydrogen) atoms. The Morgan fingerprint density at radius 2 is 1.63 bits per heavy atom. The number of thioether (sulfide) groups is 1. The van der Waals surface area contributed by atoms with Crippen LogP contribution in [0.4, 0.5) is 8.78 Å². The van der Waals surface area contributed by atoms with Gasteiger partial charge in [-0.2, -0.15) is 8.78 Å². The van der Waals surface area contributed by atoms with Crippen molar-refractivity contribution in [2.24, 2.45) is 0 Å². The van der Waals surface area contributed by atoms with E-state index in [1.54, 1.807) is 36.0 Å². The van der Waals surface area contributed by atoms with E-state index < -0.39 is 6.61 Å². The maximum Gasteiger partial charge on any atom is 0.387 e. The third-order valence-electron chi connectivity index (χ3n) is 4.61. The molecule has 3 aromatic carbocycles. The molecule has 3 nitrogen and oxygen atoms in total. The molecule has 0 saturated carbocycles. The van der Waals surface area contributed by atoms with Crippen molar-refractivity contribution in [3.8, 4) is 22.7 Å². The van der Waals surface area contributed by atoms with Gasteiger partial charge in [0.25, 0.3) is 0 Å². The molecule has 0 aliphatic carbocycles. The summed E-state index contributed by atoms with van der Waals surface area (Å²) in [5.74, 6) is 0.904. The average molecular weight is 423 g/mol. The predicted molar refractivity (Wildman–Crippen MR) is 116 cm³/mol. The largest absolute Gasteiger partial charge is 0.435 e. The molecule has 0 aliphatic rings. The highest BCUT2D eigenvalue weighted by Crippen LogP contribution is 2.32. The van der Waals surface area contributed by atoms with Crippen LogP contribution >= 0.6 is 11.8 Å². The Bertz CT molecular complexity index is 1090. The van der Waals surface area contributed by atoms with E-state index in [2.05, 4.69) is 46.1 Å². The zero-order valence-electron chi connectivity index (χ0n) is 16.3. The molecule has 4 rings (SSSR count). The van der Waals surface area contributed by atoms with Crippen molar-refractivity contribution in [2.45, 2.75) is 24.4 Å². The van der Waals surface area contributed by atoms with Crippen LogP contribution in [0.15, 0.2) is 90.2 Å². The minimum absolute atomic E-state index is 0.129. The maximum atomic E-state index is 12.5. The number of halogens is 2. The lowest BCUT2D eigenvalue weighted by molar-refractivity contribution is -0.0498. The average Bonchev–Trinajstić information content (AvgIpc) is 3.17. The van der Waals surface area contributed by atoms with Crippen LogP contribution in [-0.4, -0.2) is 16.2 Å². The fourth-order valence-corrected chi connectivity index (χ4v) is 4.06. The number of aromatic nitrogens is 2. The second-order valence-corrected chi connectivity index (χ2v) is 7.72. The van der Waals surface area contributed by atoms with Gasteiger partial charge in [-0.25, -0.2) is 4.98 Å². The van der Waals surface area contributed by atoms with Gasteiger partial charge in [-0.1, -0.05) is 71.9 Å². The molecule has 1 heterocycles. The van der Waals surface area contributed by atoms with Crippen molar-refractivity contribution >= 4 is 11.8 Å². The van der Waals surface area contributed by atoms with Gasteiger partial charge in [0, 0.05) is 17.0 Å². The van der Waals surface area contributed by atoms with Crippen LogP contribution in [0.1, 0.15) is 11.1 Å². The number of hydrogen-bond donors (Lipinski definition) is 0. The minimum Gasteiger partial charge on any atom is -0.435 e. The van der Waals surface area contributed by atoms with Crippen LogP contribution in [0.25, 0.3) is 16.9 Å². The van der Waals surface area contributed by atoms with E-state index in [-0.39, 0.29) is 5.75 Å². The summed E-state index contributed by atoms with van der Waals surface area (Å²) in [5.41, 5.74) is 5.19. The molecule has 0 unspecified atom stereocenters. The van der Waals surface area contributed by atoms with Crippen LogP contribution in [0.3, 0.4) is 0 Å². The topological polar surface area (TPSA) is 27.1 Å². The highest BCUT2D eigenvalue weighted by atomic mass is 32.2. The number of aryl methyl sites for hydroxylation is 1. The lowest BCUT2D eigenvalue weighted by Crippen LogP contribution is -2.03. The monoisotopic (exact) mass is 422 g/mol. The molecule has 0 amide bonds. The number of ether oxygens (including phenoxy) is 1. The first kappa shape index (κ1) is 20.2. The van der Waals surface area contributed by atoms with E-state index >= 15 is 0 Å². The van der Waals surface area contributed by atoms with E-state index in [9.17, 15) is 8.78 Å². The summed E-state index contributed by atoms with van der Waals surface area (Å²) in [7, 11) is 0. The molecular formula is C24H20F2N2OS. The lowest BCUT2D eigenvalue weighted by Gasteiger charge is -2.13. The highest BCUT2D eigenvalue weighted by Gasteiger charge is 2.15. The Balaban J connectivity index is 1.70. The Labute approximate surface area is 178 Å². The number of nitrogens with zero attached hydrogens (tertiary/aromatic N) is 2. The molecule has 6 heteroatoms. The van der Waals surface area contributed by atoms with E-state index in [0.29, 0.717) is 0 Å². The van der Waals surface area contributed by atoms with Gasteiger partial charge in [0.2, 0.25) is 0 Å². The molecule has 0 fully saturated rings. The summed E-state index contributed by atoms with van der Waals surface area (Å²) in [6, 6.07) is 25.1. The summed E-state index contributed by atoms with van der Waals surface area (Å²) in [6.45, 7) is -0.798. The van der Waals surface area contributed by atoms with Gasteiger partial charge < -0.3 is 4.74 Å². The van der Waals surface area contributed by atoms with Gasteiger partial charge in [-0.3, -0.25) is 4.57 Å². The summed E-state index contributed by atoms with van der Waals surface area (Å²) < 4.78 is 31.5. The molecule has 0 N–H and O–H groups in total. The van der Waals surface area contributed by atoms with Crippen LogP contribution in [0, 0.1) is 6.92 Å². The lowest BCUT2D eigenvalue weighted by atomic mass is 10.1. The number of hydrogen-bond acceptors (Lipinski definition) is 3. The third-order valence-corrected chi connectivity index (χ3v) is 5.63. The van der Waals surface area contributed by atoms with E-state index in [1.807, 2.05) is 35.9 Å². The molecule has 0 radical (unpaired) electrons. The standard InChI is InChI=1S/C24H20F2N2OS/c1-17-7-9-19(10-8-17)22-15-27-24(30-16-18-5-3-2-4-6-18)28(22)20-11-13-21(14-12-20)29-23(25)26/h2-15,23H,16H2,1H3. The minimum atomic E-state index is -2.84. The third kappa shape index (κ3) is 4.71. The molecule has 0 spiro atoms. The zero-order chi connectivity index (χ0) is 20.9. The van der Waals surface area contributed by atoms with Crippen LogP contribution in [0.2, 0.25) is 0 Å². The summed E-state index contributed by atoms with van der Waals surface area (Å²) in [5, 5.41) is 0.831.